The fourth-order valence-electron chi connectivity index (χ4n) is 2.77. The van der Waals surface area contributed by atoms with Gasteiger partial charge in [0.05, 0.1) is 4.90 Å². The van der Waals surface area contributed by atoms with Gasteiger partial charge in [0.15, 0.2) is 0 Å². The summed E-state index contributed by atoms with van der Waals surface area (Å²) in [5.74, 6) is 0.348. The van der Waals surface area contributed by atoms with Crippen LogP contribution in [-0.4, -0.2) is 21.5 Å². The average molecular weight is 334 g/mol. The summed E-state index contributed by atoms with van der Waals surface area (Å²) in [5, 5.41) is 1.79. The molecule has 0 aromatic heterocycles. The van der Waals surface area contributed by atoms with E-state index in [2.05, 4.69) is 24.6 Å². The van der Waals surface area contributed by atoms with Gasteiger partial charge in [-0.05, 0) is 42.3 Å². The van der Waals surface area contributed by atoms with E-state index in [1.807, 2.05) is 24.3 Å². The van der Waals surface area contributed by atoms with Crippen LogP contribution in [0.1, 0.15) is 44.6 Å². The summed E-state index contributed by atoms with van der Waals surface area (Å²) in [6.45, 7) is 5.33. The van der Waals surface area contributed by atoms with Crippen molar-refractivity contribution >= 4 is 20.8 Å². The summed E-state index contributed by atoms with van der Waals surface area (Å²) >= 11 is 0. The minimum atomic E-state index is -3.50. The molecule has 0 aliphatic heterocycles. The molecule has 0 aliphatic rings. The summed E-state index contributed by atoms with van der Waals surface area (Å²) in [6, 6.07) is 11.3. The summed E-state index contributed by atoms with van der Waals surface area (Å²) in [4.78, 5) is 0.358. The van der Waals surface area contributed by atoms with Crippen molar-refractivity contribution in [2.75, 3.05) is 13.1 Å². The first-order valence-electron chi connectivity index (χ1n) is 8.18. The molecule has 2 rings (SSSR count). The van der Waals surface area contributed by atoms with Crippen LogP contribution in [0.25, 0.3) is 10.8 Å². The lowest BCUT2D eigenvalue weighted by Gasteiger charge is -2.13. The number of rotatable bonds is 8. The Morgan fingerprint density at radius 1 is 1.00 bits per heavy atom. The smallest absolute Gasteiger partial charge is 0.241 e. The number of nitrogens with one attached hydrogen (secondary N) is 1. The first-order chi connectivity index (χ1) is 11.0. The maximum Gasteiger partial charge on any atom is 0.241 e. The minimum Gasteiger partial charge on any atom is -0.330 e. The lowest BCUT2D eigenvalue weighted by Crippen LogP contribution is -2.25. The number of benzene rings is 2. The minimum absolute atomic E-state index is 0.348. The highest BCUT2D eigenvalue weighted by molar-refractivity contribution is 7.89. The molecular formula is C18H26N2O2S. The zero-order valence-electron chi connectivity index (χ0n) is 13.9. The Kier molecular flexibility index (Phi) is 6.16. The average Bonchev–Trinajstić information content (AvgIpc) is 2.53. The van der Waals surface area contributed by atoms with E-state index >= 15 is 0 Å². The van der Waals surface area contributed by atoms with Gasteiger partial charge in [-0.3, -0.25) is 0 Å². The molecule has 2 aromatic rings. The molecule has 4 nitrogen and oxygen atoms in total. The Bertz CT molecular complexity index is 755. The number of hydrogen-bond donors (Lipinski definition) is 2. The highest BCUT2D eigenvalue weighted by Crippen LogP contribution is 2.29. The molecule has 0 heterocycles. The van der Waals surface area contributed by atoms with Crippen molar-refractivity contribution < 1.29 is 8.42 Å². The molecule has 0 bridgehead atoms. The molecule has 5 heteroatoms. The van der Waals surface area contributed by atoms with Crippen molar-refractivity contribution in [2.24, 2.45) is 5.73 Å². The predicted molar refractivity (Wildman–Crippen MR) is 96.1 cm³/mol. The van der Waals surface area contributed by atoms with Gasteiger partial charge in [0, 0.05) is 11.9 Å². The van der Waals surface area contributed by atoms with Gasteiger partial charge in [-0.2, -0.15) is 0 Å². The fourth-order valence-corrected chi connectivity index (χ4v) is 4.07. The van der Waals surface area contributed by atoms with E-state index in [0.29, 0.717) is 23.9 Å². The predicted octanol–water partition coefficient (Wildman–Crippen LogP) is 3.37. The summed E-state index contributed by atoms with van der Waals surface area (Å²) in [7, 11) is -3.50. The first kappa shape index (κ1) is 17.9. The number of unbranched alkanes of at least 4 members (excludes halogenated alkanes) is 2. The van der Waals surface area contributed by atoms with Crippen LogP contribution in [0, 0.1) is 0 Å². The zero-order chi connectivity index (χ0) is 16.9. The summed E-state index contributed by atoms with van der Waals surface area (Å²) < 4.78 is 28.0. The monoisotopic (exact) mass is 334 g/mol. The summed E-state index contributed by atoms with van der Waals surface area (Å²) in [6.07, 6.45) is 2.66. The quantitative estimate of drug-likeness (QED) is 0.727. The van der Waals surface area contributed by atoms with Crippen molar-refractivity contribution in [3.63, 3.8) is 0 Å². The van der Waals surface area contributed by atoms with Gasteiger partial charge >= 0.3 is 0 Å². The Labute approximate surface area is 139 Å². The SMILES string of the molecule is CC(C)c1cccc2c(S(=O)(=O)NCCCCCN)cccc12. The number of sulfonamides is 1. The Balaban J connectivity index is 2.30. The summed E-state index contributed by atoms with van der Waals surface area (Å²) in [5.41, 5.74) is 6.62. The van der Waals surface area contributed by atoms with Crippen molar-refractivity contribution in [1.29, 1.82) is 0 Å². The Morgan fingerprint density at radius 2 is 1.70 bits per heavy atom. The lowest BCUT2D eigenvalue weighted by atomic mass is 9.96. The highest BCUT2D eigenvalue weighted by Gasteiger charge is 2.17. The second-order valence-electron chi connectivity index (χ2n) is 6.10. The second kappa shape index (κ2) is 7.90. The van der Waals surface area contributed by atoms with E-state index in [-0.39, 0.29) is 0 Å². The normalized spacial score (nSPS) is 12.2. The van der Waals surface area contributed by atoms with E-state index in [4.69, 9.17) is 5.73 Å². The van der Waals surface area contributed by atoms with Gasteiger partial charge in [0.25, 0.3) is 0 Å². The fraction of sp³-hybridized carbons (Fsp3) is 0.444. The molecule has 0 fully saturated rings. The van der Waals surface area contributed by atoms with Crippen LogP contribution in [0.5, 0.6) is 0 Å². The molecule has 0 atom stereocenters. The number of nitrogens with two attached hydrogens (primary N) is 1. The number of fused-ring (bicyclic) bond motifs is 1. The third-order valence-electron chi connectivity index (χ3n) is 4.00. The third kappa shape index (κ3) is 4.31. The number of hydrogen-bond acceptors (Lipinski definition) is 3. The molecule has 126 valence electrons. The van der Waals surface area contributed by atoms with Crippen LogP contribution in [0.3, 0.4) is 0 Å². The topological polar surface area (TPSA) is 72.2 Å². The molecule has 0 spiro atoms. The van der Waals surface area contributed by atoms with Gasteiger partial charge in [-0.15, -0.1) is 0 Å². The van der Waals surface area contributed by atoms with Crippen LogP contribution in [0.2, 0.25) is 0 Å². The van der Waals surface area contributed by atoms with Crippen LogP contribution in [0.4, 0.5) is 0 Å². The molecular weight excluding hydrogens is 308 g/mol. The Morgan fingerprint density at radius 3 is 2.39 bits per heavy atom. The second-order valence-corrected chi connectivity index (χ2v) is 7.84. The van der Waals surface area contributed by atoms with E-state index < -0.39 is 10.0 Å². The van der Waals surface area contributed by atoms with E-state index in [0.717, 1.165) is 30.0 Å². The molecule has 0 radical (unpaired) electrons. The molecule has 23 heavy (non-hydrogen) atoms. The maximum absolute atomic E-state index is 12.6. The zero-order valence-corrected chi connectivity index (χ0v) is 14.7. The van der Waals surface area contributed by atoms with Crippen LogP contribution >= 0.6 is 0 Å². The van der Waals surface area contributed by atoms with Gasteiger partial charge < -0.3 is 5.73 Å². The van der Waals surface area contributed by atoms with Gasteiger partial charge in [-0.1, -0.05) is 50.6 Å². The van der Waals surface area contributed by atoms with Gasteiger partial charge in [-0.25, -0.2) is 13.1 Å². The molecule has 0 unspecified atom stereocenters. The van der Waals surface area contributed by atoms with Crippen LogP contribution in [0.15, 0.2) is 41.3 Å². The molecule has 0 aliphatic carbocycles. The van der Waals surface area contributed by atoms with Crippen molar-refractivity contribution in [2.45, 2.75) is 43.9 Å². The maximum atomic E-state index is 12.6. The first-order valence-corrected chi connectivity index (χ1v) is 9.67. The van der Waals surface area contributed by atoms with E-state index in [1.165, 1.54) is 5.56 Å². The largest absolute Gasteiger partial charge is 0.330 e. The van der Waals surface area contributed by atoms with Gasteiger partial charge in [0.1, 0.15) is 0 Å². The Hall–Kier alpha value is -1.43. The van der Waals surface area contributed by atoms with Gasteiger partial charge in [0.2, 0.25) is 10.0 Å². The molecule has 2 aromatic carbocycles. The van der Waals surface area contributed by atoms with E-state index in [9.17, 15) is 8.42 Å². The van der Waals surface area contributed by atoms with Crippen molar-refractivity contribution in [3.05, 3.63) is 42.0 Å². The molecule has 3 N–H and O–H groups in total. The standard InChI is InChI=1S/C18H26N2O2S/c1-14(2)15-8-6-10-17-16(15)9-7-11-18(17)23(21,22)20-13-5-3-4-12-19/h6-11,14,20H,3-5,12-13,19H2,1-2H3. The lowest BCUT2D eigenvalue weighted by molar-refractivity contribution is 0.576. The third-order valence-corrected chi connectivity index (χ3v) is 5.52. The molecule has 0 saturated carbocycles. The van der Waals surface area contributed by atoms with E-state index in [1.54, 1.807) is 6.07 Å². The van der Waals surface area contributed by atoms with Crippen molar-refractivity contribution in [1.82, 2.24) is 4.72 Å². The molecule has 0 saturated heterocycles. The van der Waals surface area contributed by atoms with Crippen LogP contribution in [-0.2, 0) is 10.0 Å². The highest BCUT2D eigenvalue weighted by atomic mass is 32.2. The van der Waals surface area contributed by atoms with Crippen LogP contribution < -0.4 is 10.5 Å². The molecule has 0 amide bonds. The van der Waals surface area contributed by atoms with Crippen molar-refractivity contribution in [3.8, 4) is 0 Å².